The number of ether oxygens (including phenoxy) is 2. The van der Waals surface area contributed by atoms with Gasteiger partial charge in [-0.15, -0.1) is 0 Å². The molecule has 1 spiro atoms. The van der Waals surface area contributed by atoms with Crippen LogP contribution in [0.4, 0.5) is 0 Å². The lowest BCUT2D eigenvalue weighted by Crippen LogP contribution is -2.43. The van der Waals surface area contributed by atoms with Crippen LogP contribution >= 0.6 is 27.5 Å². The van der Waals surface area contributed by atoms with E-state index in [0.717, 1.165) is 27.9 Å². The van der Waals surface area contributed by atoms with Gasteiger partial charge in [0.15, 0.2) is 11.2 Å². The minimum Gasteiger partial charge on any atom is -0.476 e. The third-order valence-electron chi connectivity index (χ3n) is 6.13. The number of pyridine rings is 1. The second-order valence-electron chi connectivity index (χ2n) is 7.39. The van der Waals surface area contributed by atoms with Crippen LogP contribution in [0.25, 0.3) is 0 Å². The lowest BCUT2D eigenvalue weighted by atomic mass is 9.74. The van der Waals surface area contributed by atoms with Crippen molar-refractivity contribution in [2.24, 2.45) is 0 Å². The minimum atomic E-state index is -0.639. The summed E-state index contributed by atoms with van der Waals surface area (Å²) in [6, 6.07) is 20.8. The summed E-state index contributed by atoms with van der Waals surface area (Å²) >= 11 is 9.76. The minimum absolute atomic E-state index is 0.0984. The molecule has 1 aliphatic carbocycles. The van der Waals surface area contributed by atoms with Crippen LogP contribution in [0.3, 0.4) is 0 Å². The third kappa shape index (κ3) is 1.93. The van der Waals surface area contributed by atoms with E-state index in [2.05, 4.69) is 69.4 Å². The van der Waals surface area contributed by atoms with Crippen molar-refractivity contribution in [1.29, 1.82) is 0 Å². The van der Waals surface area contributed by atoms with Crippen LogP contribution in [-0.4, -0.2) is 11.1 Å². The summed E-state index contributed by atoms with van der Waals surface area (Å²) in [7, 11) is 0. The third-order valence-corrected chi connectivity index (χ3v) is 6.87. The van der Waals surface area contributed by atoms with E-state index in [1.54, 1.807) is 6.20 Å². The summed E-state index contributed by atoms with van der Waals surface area (Å²) < 4.78 is 14.1. The van der Waals surface area contributed by atoms with Crippen molar-refractivity contribution in [2.45, 2.75) is 29.6 Å². The predicted molar refractivity (Wildman–Crippen MR) is 106 cm³/mol. The van der Waals surface area contributed by atoms with Crippen molar-refractivity contribution < 1.29 is 9.47 Å². The number of rotatable bonds is 2. The van der Waals surface area contributed by atoms with Crippen molar-refractivity contribution in [2.75, 3.05) is 0 Å². The molecule has 1 saturated heterocycles. The number of benzene rings is 2. The Hall–Kier alpha value is -1.88. The van der Waals surface area contributed by atoms with Gasteiger partial charge in [-0.05, 0) is 29.7 Å². The molecule has 3 aliphatic rings. The topological polar surface area (TPSA) is 34.6 Å². The molecular formula is C22H15BrClNO2. The predicted octanol–water partition coefficient (Wildman–Crippen LogP) is 5.57. The smallest absolute Gasteiger partial charge is 0.184 e. The molecule has 3 nitrogen and oxygen atoms in total. The number of aromatic nitrogens is 1. The summed E-state index contributed by atoms with van der Waals surface area (Å²) in [6.45, 7) is 0. The van der Waals surface area contributed by atoms with Crippen molar-refractivity contribution in [3.05, 3.63) is 93.2 Å². The summed E-state index contributed by atoms with van der Waals surface area (Å²) in [5.41, 5.74) is 2.06. The van der Waals surface area contributed by atoms with Crippen LogP contribution in [0.5, 0.6) is 5.75 Å². The highest BCUT2D eigenvalue weighted by molar-refractivity contribution is 9.10. The van der Waals surface area contributed by atoms with Gasteiger partial charge in [-0.2, -0.15) is 0 Å². The fourth-order valence-corrected chi connectivity index (χ4v) is 5.49. The Morgan fingerprint density at radius 3 is 2.59 bits per heavy atom. The zero-order valence-electron chi connectivity index (χ0n) is 14.2. The number of fused-ring (bicyclic) bond motifs is 1. The Balaban J connectivity index is 1.62. The number of nitrogens with zero attached hydrogens (tertiary/aromatic N) is 1. The molecule has 0 radical (unpaired) electrons. The van der Waals surface area contributed by atoms with E-state index in [4.69, 9.17) is 21.1 Å². The van der Waals surface area contributed by atoms with Crippen molar-refractivity contribution >= 4 is 27.5 Å². The van der Waals surface area contributed by atoms with Crippen molar-refractivity contribution in [3.63, 3.8) is 0 Å². The van der Waals surface area contributed by atoms with Gasteiger partial charge in [0.2, 0.25) is 0 Å². The van der Waals surface area contributed by atoms with Gasteiger partial charge < -0.3 is 9.47 Å². The molecule has 1 aromatic heterocycles. The van der Waals surface area contributed by atoms with Crippen molar-refractivity contribution in [1.82, 2.24) is 4.98 Å². The summed E-state index contributed by atoms with van der Waals surface area (Å²) in [5, 5.41) is 0.574. The zero-order chi connectivity index (χ0) is 18.2. The van der Waals surface area contributed by atoms with Crippen LogP contribution in [0, 0.1) is 0 Å². The molecule has 2 fully saturated rings. The van der Waals surface area contributed by atoms with Crippen molar-refractivity contribution in [3.8, 4) is 5.75 Å². The van der Waals surface area contributed by atoms with E-state index in [-0.39, 0.29) is 12.0 Å². The molecular weight excluding hydrogens is 426 g/mol. The number of epoxide rings is 1. The largest absolute Gasteiger partial charge is 0.476 e. The molecule has 2 aromatic carbocycles. The number of halogens is 2. The van der Waals surface area contributed by atoms with Gasteiger partial charge in [0, 0.05) is 22.7 Å². The molecule has 0 N–H and O–H groups in total. The molecule has 4 atom stereocenters. The van der Waals surface area contributed by atoms with Gasteiger partial charge in [-0.25, -0.2) is 0 Å². The first-order chi connectivity index (χ1) is 13.1. The Bertz CT molecular complexity index is 1060. The summed E-state index contributed by atoms with van der Waals surface area (Å²) in [6.07, 6.45) is 2.69. The first-order valence-corrected chi connectivity index (χ1v) is 10.2. The maximum absolute atomic E-state index is 6.75. The van der Waals surface area contributed by atoms with E-state index in [1.807, 2.05) is 12.1 Å². The Labute approximate surface area is 170 Å². The van der Waals surface area contributed by atoms with Crippen LogP contribution in [0.2, 0.25) is 5.02 Å². The maximum Gasteiger partial charge on any atom is 0.184 e. The molecule has 3 aromatic rings. The van der Waals surface area contributed by atoms with E-state index >= 15 is 0 Å². The van der Waals surface area contributed by atoms with Crippen LogP contribution in [0.1, 0.15) is 29.2 Å². The highest BCUT2D eigenvalue weighted by Gasteiger charge is 2.84. The lowest BCUT2D eigenvalue weighted by molar-refractivity contribution is -0.0168. The van der Waals surface area contributed by atoms with E-state index in [1.165, 1.54) is 5.56 Å². The number of hydrogen-bond acceptors (Lipinski definition) is 3. The van der Waals surface area contributed by atoms with Gasteiger partial charge >= 0.3 is 0 Å². The molecule has 134 valence electrons. The molecule has 0 bridgehead atoms. The fourth-order valence-electron chi connectivity index (χ4n) is 5.08. The fraction of sp³-hybridized carbons (Fsp3) is 0.227. The van der Waals surface area contributed by atoms with Gasteiger partial charge in [0.05, 0.1) is 11.1 Å². The first-order valence-electron chi connectivity index (χ1n) is 8.99. The maximum atomic E-state index is 6.75. The summed E-state index contributed by atoms with van der Waals surface area (Å²) in [4.78, 5) is 4.64. The standard InChI is InChI=1S/C22H15BrClNO2/c23-15-8-6-14(7-9-15)21-17(13-4-2-1-3-5-13)11-19-22(21,27-19)20-18(26-21)10-16(24)12-25-20/h1-10,12,17,19H,11H2/t17-,19-,21-,22+/m0/s1. The Morgan fingerprint density at radius 2 is 1.81 bits per heavy atom. The summed E-state index contributed by atoms with van der Waals surface area (Å²) in [5.74, 6) is 0.903. The molecule has 2 aliphatic heterocycles. The van der Waals surface area contributed by atoms with Gasteiger partial charge in [0.25, 0.3) is 0 Å². The molecule has 1 saturated carbocycles. The van der Waals surface area contributed by atoms with E-state index < -0.39 is 11.2 Å². The number of hydrogen-bond donors (Lipinski definition) is 0. The van der Waals surface area contributed by atoms with Crippen LogP contribution < -0.4 is 4.74 Å². The van der Waals surface area contributed by atoms with E-state index in [9.17, 15) is 0 Å². The molecule has 5 heteroatoms. The second-order valence-corrected chi connectivity index (χ2v) is 8.74. The Kier molecular flexibility index (Phi) is 3.19. The van der Waals surface area contributed by atoms with E-state index in [0.29, 0.717) is 5.02 Å². The molecule has 27 heavy (non-hydrogen) atoms. The van der Waals surface area contributed by atoms with Gasteiger partial charge in [-0.1, -0.05) is 70.0 Å². The highest BCUT2D eigenvalue weighted by atomic mass is 79.9. The Morgan fingerprint density at radius 1 is 1.04 bits per heavy atom. The molecule has 6 rings (SSSR count). The van der Waals surface area contributed by atoms with Crippen LogP contribution in [-0.2, 0) is 15.9 Å². The second kappa shape index (κ2) is 5.34. The monoisotopic (exact) mass is 439 g/mol. The normalized spacial score (nSPS) is 32.4. The van der Waals surface area contributed by atoms with Gasteiger partial charge in [0.1, 0.15) is 11.4 Å². The first kappa shape index (κ1) is 16.1. The van der Waals surface area contributed by atoms with Crippen LogP contribution in [0.15, 0.2) is 71.3 Å². The molecule has 0 amide bonds. The molecule has 0 unspecified atom stereocenters. The quantitative estimate of drug-likeness (QED) is 0.489. The lowest BCUT2D eigenvalue weighted by Gasteiger charge is -2.37. The van der Waals surface area contributed by atoms with Gasteiger partial charge in [-0.3, -0.25) is 4.98 Å². The average molecular weight is 441 g/mol. The highest BCUT2D eigenvalue weighted by Crippen LogP contribution is 2.76. The zero-order valence-corrected chi connectivity index (χ0v) is 16.6. The molecule has 3 heterocycles. The average Bonchev–Trinajstić information content (AvgIpc) is 3.23. The SMILES string of the molecule is Clc1cnc2c(c1)O[C@@]1(c3ccc(Br)cc3)[C@H](c3ccccc3)C[C@@H]3O[C@@]231.